The van der Waals surface area contributed by atoms with Crippen molar-refractivity contribution in [1.82, 2.24) is 5.32 Å². The van der Waals surface area contributed by atoms with Gasteiger partial charge in [0.05, 0.1) is 0 Å². The molecule has 0 aliphatic heterocycles. The molecule has 1 N–H and O–H groups in total. The fourth-order valence-corrected chi connectivity index (χ4v) is 1.02. The molecule has 0 aromatic carbocycles. The zero-order valence-electron chi connectivity index (χ0n) is 11.4. The summed E-state index contributed by atoms with van der Waals surface area (Å²) in [5.74, 6) is 0.173. The SMILES string of the molecule is CC(NC(=O)CCC(C)(C)C)C(C)(C)C. The third kappa shape index (κ3) is 7.40. The van der Waals surface area contributed by atoms with Gasteiger partial charge in [-0.15, -0.1) is 0 Å². The van der Waals surface area contributed by atoms with Crippen LogP contribution in [0, 0.1) is 10.8 Å². The number of nitrogens with one attached hydrogen (secondary N) is 1. The zero-order chi connectivity index (χ0) is 12.3. The maximum atomic E-state index is 11.6. The minimum atomic E-state index is 0.136. The van der Waals surface area contributed by atoms with Gasteiger partial charge in [0, 0.05) is 12.5 Å². The van der Waals surface area contributed by atoms with Crippen LogP contribution in [-0.4, -0.2) is 11.9 Å². The maximum Gasteiger partial charge on any atom is 0.220 e. The lowest BCUT2D eigenvalue weighted by molar-refractivity contribution is -0.122. The van der Waals surface area contributed by atoms with Crippen LogP contribution in [0.5, 0.6) is 0 Å². The van der Waals surface area contributed by atoms with Crippen molar-refractivity contribution in [3.63, 3.8) is 0 Å². The summed E-state index contributed by atoms with van der Waals surface area (Å²) < 4.78 is 0. The second-order valence-electron chi connectivity index (χ2n) is 6.72. The lowest BCUT2D eigenvalue weighted by Crippen LogP contribution is -2.41. The van der Waals surface area contributed by atoms with E-state index in [0.717, 1.165) is 6.42 Å². The molecule has 0 bridgehead atoms. The van der Waals surface area contributed by atoms with Crippen LogP contribution in [0.25, 0.3) is 0 Å². The van der Waals surface area contributed by atoms with Crippen LogP contribution in [-0.2, 0) is 4.79 Å². The summed E-state index contributed by atoms with van der Waals surface area (Å²) in [7, 11) is 0. The van der Waals surface area contributed by atoms with Crippen molar-refractivity contribution in [2.75, 3.05) is 0 Å². The molecule has 0 aliphatic rings. The molecular weight excluding hydrogens is 186 g/mol. The summed E-state index contributed by atoms with van der Waals surface area (Å²) in [6.45, 7) is 15.0. The molecule has 0 radical (unpaired) electrons. The van der Waals surface area contributed by atoms with E-state index in [0.29, 0.717) is 6.42 Å². The molecule has 2 nitrogen and oxygen atoms in total. The van der Waals surface area contributed by atoms with E-state index in [9.17, 15) is 4.79 Å². The molecule has 0 fully saturated rings. The summed E-state index contributed by atoms with van der Waals surface area (Å²) in [5.41, 5.74) is 0.375. The Morgan fingerprint density at radius 2 is 1.60 bits per heavy atom. The first-order valence-electron chi connectivity index (χ1n) is 5.82. The van der Waals surface area contributed by atoms with Gasteiger partial charge in [-0.2, -0.15) is 0 Å². The lowest BCUT2D eigenvalue weighted by Gasteiger charge is -2.28. The molecule has 0 spiro atoms. The highest BCUT2D eigenvalue weighted by Crippen LogP contribution is 2.21. The van der Waals surface area contributed by atoms with Crippen molar-refractivity contribution in [2.45, 2.75) is 67.3 Å². The zero-order valence-corrected chi connectivity index (χ0v) is 11.4. The molecule has 0 saturated carbocycles. The van der Waals surface area contributed by atoms with Gasteiger partial charge in [-0.1, -0.05) is 41.5 Å². The maximum absolute atomic E-state index is 11.6. The van der Waals surface area contributed by atoms with Crippen molar-refractivity contribution in [1.29, 1.82) is 0 Å². The Balaban J connectivity index is 3.96. The normalized spacial score (nSPS) is 14.9. The van der Waals surface area contributed by atoms with Gasteiger partial charge in [-0.25, -0.2) is 0 Å². The summed E-state index contributed by atoms with van der Waals surface area (Å²) in [6.07, 6.45) is 1.57. The van der Waals surface area contributed by atoms with Crippen LogP contribution >= 0.6 is 0 Å². The molecule has 0 aromatic rings. The molecule has 15 heavy (non-hydrogen) atoms. The van der Waals surface area contributed by atoms with E-state index < -0.39 is 0 Å². The second kappa shape index (κ2) is 5.00. The fraction of sp³-hybridized carbons (Fsp3) is 0.923. The Morgan fingerprint density at radius 3 is 1.93 bits per heavy atom. The molecule has 0 saturated heterocycles. The third-order valence-electron chi connectivity index (χ3n) is 2.78. The predicted octanol–water partition coefficient (Wildman–Crippen LogP) is 3.36. The van der Waals surface area contributed by atoms with Crippen molar-refractivity contribution < 1.29 is 4.79 Å². The van der Waals surface area contributed by atoms with Gasteiger partial charge < -0.3 is 5.32 Å². The molecule has 0 heterocycles. The number of hydrogen-bond donors (Lipinski definition) is 1. The highest BCUT2D eigenvalue weighted by atomic mass is 16.1. The van der Waals surface area contributed by atoms with E-state index in [1.54, 1.807) is 0 Å². The van der Waals surface area contributed by atoms with Gasteiger partial charge in [0.2, 0.25) is 5.91 Å². The molecule has 0 rings (SSSR count). The van der Waals surface area contributed by atoms with E-state index in [-0.39, 0.29) is 22.8 Å². The highest BCUT2D eigenvalue weighted by molar-refractivity contribution is 5.76. The van der Waals surface area contributed by atoms with Crippen LogP contribution in [0.1, 0.15) is 61.3 Å². The van der Waals surface area contributed by atoms with Crippen molar-refractivity contribution in [2.24, 2.45) is 10.8 Å². The Morgan fingerprint density at radius 1 is 1.13 bits per heavy atom. The second-order valence-corrected chi connectivity index (χ2v) is 6.72. The molecule has 0 aromatic heterocycles. The number of carbonyl (C=O) groups excluding carboxylic acids is 1. The van der Waals surface area contributed by atoms with Crippen LogP contribution < -0.4 is 5.32 Å². The van der Waals surface area contributed by atoms with E-state index in [2.05, 4.69) is 53.8 Å². The van der Waals surface area contributed by atoms with E-state index >= 15 is 0 Å². The van der Waals surface area contributed by atoms with Gasteiger partial charge >= 0.3 is 0 Å². The summed E-state index contributed by atoms with van der Waals surface area (Å²) in [5, 5.41) is 3.05. The average Bonchev–Trinajstić information content (AvgIpc) is 1.97. The molecule has 90 valence electrons. The highest BCUT2D eigenvalue weighted by Gasteiger charge is 2.22. The van der Waals surface area contributed by atoms with Crippen molar-refractivity contribution >= 4 is 5.91 Å². The number of carbonyl (C=O) groups is 1. The minimum Gasteiger partial charge on any atom is -0.353 e. The Labute approximate surface area is 94.8 Å². The largest absolute Gasteiger partial charge is 0.353 e. The number of hydrogen-bond acceptors (Lipinski definition) is 1. The smallest absolute Gasteiger partial charge is 0.220 e. The van der Waals surface area contributed by atoms with Crippen LogP contribution in [0.3, 0.4) is 0 Å². The molecule has 1 atom stereocenters. The van der Waals surface area contributed by atoms with Gasteiger partial charge in [-0.3, -0.25) is 4.79 Å². The Bertz CT molecular complexity index is 208. The molecule has 2 heteroatoms. The van der Waals surface area contributed by atoms with Gasteiger partial charge in [0.1, 0.15) is 0 Å². The number of rotatable bonds is 3. The van der Waals surface area contributed by atoms with Crippen LogP contribution in [0.15, 0.2) is 0 Å². The van der Waals surface area contributed by atoms with E-state index in [1.807, 2.05) is 0 Å². The van der Waals surface area contributed by atoms with Crippen LogP contribution in [0.2, 0.25) is 0 Å². The van der Waals surface area contributed by atoms with Gasteiger partial charge in [0.25, 0.3) is 0 Å². The topological polar surface area (TPSA) is 29.1 Å². The van der Waals surface area contributed by atoms with E-state index in [1.165, 1.54) is 0 Å². The first-order chi connectivity index (χ1) is 6.52. The molecule has 1 amide bonds. The Kier molecular flexibility index (Phi) is 4.82. The monoisotopic (exact) mass is 213 g/mol. The van der Waals surface area contributed by atoms with Gasteiger partial charge in [0.15, 0.2) is 0 Å². The standard InChI is InChI=1S/C13H27NO/c1-10(13(5,6)7)14-11(15)8-9-12(2,3)4/h10H,8-9H2,1-7H3,(H,14,15). The Hall–Kier alpha value is -0.530. The first kappa shape index (κ1) is 14.5. The number of amides is 1. The van der Waals surface area contributed by atoms with Crippen molar-refractivity contribution in [3.05, 3.63) is 0 Å². The lowest BCUT2D eigenvalue weighted by atomic mass is 9.87. The predicted molar refractivity (Wildman–Crippen MR) is 65.7 cm³/mol. The molecule has 1 unspecified atom stereocenters. The van der Waals surface area contributed by atoms with Crippen LogP contribution in [0.4, 0.5) is 0 Å². The summed E-state index contributed by atoms with van der Waals surface area (Å²) >= 11 is 0. The summed E-state index contributed by atoms with van der Waals surface area (Å²) in [6, 6.07) is 0.227. The fourth-order valence-electron chi connectivity index (χ4n) is 1.02. The molecule has 0 aliphatic carbocycles. The quantitative estimate of drug-likeness (QED) is 0.765. The van der Waals surface area contributed by atoms with E-state index in [4.69, 9.17) is 0 Å². The third-order valence-corrected chi connectivity index (χ3v) is 2.78. The average molecular weight is 213 g/mol. The minimum absolute atomic E-state index is 0.136. The van der Waals surface area contributed by atoms with Crippen molar-refractivity contribution in [3.8, 4) is 0 Å². The van der Waals surface area contributed by atoms with Gasteiger partial charge in [-0.05, 0) is 24.2 Å². The molecular formula is C13H27NO. The first-order valence-corrected chi connectivity index (χ1v) is 5.82. The summed E-state index contributed by atoms with van der Waals surface area (Å²) in [4.78, 5) is 11.6.